The number of allylic oxidation sites excluding steroid dienone is 1. The van der Waals surface area contributed by atoms with Gasteiger partial charge in [-0.05, 0) is 49.6 Å². The van der Waals surface area contributed by atoms with Gasteiger partial charge in [-0.2, -0.15) is 0 Å². The van der Waals surface area contributed by atoms with E-state index in [1.807, 2.05) is 0 Å². The molecule has 0 atom stereocenters. The van der Waals surface area contributed by atoms with Gasteiger partial charge in [0, 0.05) is 0 Å². The minimum Gasteiger partial charge on any atom is -0.0616 e. The summed E-state index contributed by atoms with van der Waals surface area (Å²) in [6, 6.07) is 8.91. The minimum atomic E-state index is 0.854. The molecular formula is C18H24P. The Labute approximate surface area is 119 Å². The van der Waals surface area contributed by atoms with E-state index in [1.165, 1.54) is 77.2 Å². The molecule has 2 aliphatic rings. The Morgan fingerprint density at radius 2 is 1.42 bits per heavy atom. The molecule has 19 heavy (non-hydrogen) atoms. The largest absolute Gasteiger partial charge is 0.0616 e. The lowest BCUT2D eigenvalue weighted by molar-refractivity contribution is 0.441. The lowest BCUT2D eigenvalue weighted by Gasteiger charge is -2.19. The summed E-state index contributed by atoms with van der Waals surface area (Å²) in [5.74, 6) is 0.854. The summed E-state index contributed by atoms with van der Waals surface area (Å²) in [5.41, 5.74) is 1.47. The first kappa shape index (κ1) is 13.4. The van der Waals surface area contributed by atoms with Gasteiger partial charge >= 0.3 is 0 Å². The third kappa shape index (κ3) is 3.48. The molecule has 0 aromatic heterocycles. The Bertz CT molecular complexity index is 437. The van der Waals surface area contributed by atoms with Crippen LogP contribution in [0.5, 0.6) is 0 Å². The quantitative estimate of drug-likeness (QED) is 0.570. The molecule has 1 heterocycles. The SMILES string of the molecule is C1=C(C2CCCCCCCCC2)[P]c2ccccc21. The fraction of sp³-hybridized carbons (Fsp3) is 0.556. The van der Waals surface area contributed by atoms with E-state index in [0.717, 1.165) is 5.92 Å². The Kier molecular flexibility index (Phi) is 4.72. The summed E-state index contributed by atoms with van der Waals surface area (Å²) in [7, 11) is 1.49. The Morgan fingerprint density at radius 3 is 2.11 bits per heavy atom. The summed E-state index contributed by atoms with van der Waals surface area (Å²) in [5, 5.41) is 3.22. The molecule has 101 valence electrons. The third-order valence-corrected chi connectivity index (χ3v) is 5.91. The van der Waals surface area contributed by atoms with E-state index in [-0.39, 0.29) is 0 Å². The molecule has 1 heteroatoms. The first-order valence-electron chi connectivity index (χ1n) is 7.96. The number of hydrogen-bond acceptors (Lipinski definition) is 0. The van der Waals surface area contributed by atoms with Gasteiger partial charge in [0.05, 0.1) is 0 Å². The van der Waals surface area contributed by atoms with Crippen LogP contribution in [0, 0.1) is 5.92 Å². The van der Waals surface area contributed by atoms with Gasteiger partial charge in [0.2, 0.25) is 0 Å². The van der Waals surface area contributed by atoms with Gasteiger partial charge in [-0.1, -0.05) is 69.2 Å². The number of fused-ring (bicyclic) bond motifs is 1. The molecule has 0 bridgehead atoms. The monoisotopic (exact) mass is 271 g/mol. The van der Waals surface area contributed by atoms with E-state index < -0.39 is 0 Å². The average molecular weight is 271 g/mol. The van der Waals surface area contributed by atoms with Crippen LogP contribution in [0.2, 0.25) is 0 Å². The molecule has 1 aromatic carbocycles. The van der Waals surface area contributed by atoms with E-state index in [1.54, 1.807) is 5.31 Å². The van der Waals surface area contributed by atoms with Crippen molar-refractivity contribution in [2.45, 2.75) is 57.8 Å². The molecular weight excluding hydrogens is 247 g/mol. The lowest BCUT2D eigenvalue weighted by atomic mass is 9.91. The van der Waals surface area contributed by atoms with Crippen molar-refractivity contribution in [3.8, 4) is 0 Å². The highest BCUT2D eigenvalue weighted by molar-refractivity contribution is 7.53. The molecule has 0 nitrogen and oxygen atoms in total. The fourth-order valence-electron chi connectivity index (χ4n) is 3.36. The van der Waals surface area contributed by atoms with E-state index in [0.29, 0.717) is 0 Å². The predicted octanol–water partition coefficient (Wildman–Crippen LogP) is 5.75. The van der Waals surface area contributed by atoms with E-state index >= 15 is 0 Å². The van der Waals surface area contributed by atoms with Crippen molar-refractivity contribution >= 4 is 20.0 Å². The molecule has 1 aromatic rings. The highest BCUT2D eigenvalue weighted by Crippen LogP contribution is 2.42. The van der Waals surface area contributed by atoms with Gasteiger partial charge in [0.25, 0.3) is 0 Å². The van der Waals surface area contributed by atoms with Gasteiger partial charge in [0.1, 0.15) is 0 Å². The van der Waals surface area contributed by atoms with Crippen LogP contribution in [-0.4, -0.2) is 0 Å². The van der Waals surface area contributed by atoms with Crippen molar-refractivity contribution < 1.29 is 0 Å². The van der Waals surface area contributed by atoms with Crippen molar-refractivity contribution in [3.63, 3.8) is 0 Å². The lowest BCUT2D eigenvalue weighted by Crippen LogP contribution is -2.03. The molecule has 0 N–H and O–H groups in total. The van der Waals surface area contributed by atoms with E-state index in [2.05, 4.69) is 30.3 Å². The van der Waals surface area contributed by atoms with E-state index in [9.17, 15) is 0 Å². The van der Waals surface area contributed by atoms with Crippen LogP contribution >= 0.6 is 8.58 Å². The summed E-state index contributed by atoms with van der Waals surface area (Å²) in [6.45, 7) is 0. The number of hydrogen-bond donors (Lipinski definition) is 0. The maximum absolute atomic E-state index is 2.48. The van der Waals surface area contributed by atoms with Crippen molar-refractivity contribution in [2.24, 2.45) is 5.92 Å². The maximum atomic E-state index is 2.48. The van der Waals surface area contributed by atoms with Gasteiger partial charge in [-0.25, -0.2) is 0 Å². The molecule has 1 saturated carbocycles. The second-order valence-corrected chi connectivity index (χ2v) is 7.21. The van der Waals surface area contributed by atoms with Crippen LogP contribution < -0.4 is 5.30 Å². The second-order valence-electron chi connectivity index (χ2n) is 5.99. The fourth-order valence-corrected chi connectivity index (χ4v) is 4.71. The third-order valence-electron chi connectivity index (χ3n) is 4.51. The molecule has 3 rings (SSSR count). The number of benzene rings is 1. The van der Waals surface area contributed by atoms with Crippen molar-refractivity contribution in [1.29, 1.82) is 0 Å². The van der Waals surface area contributed by atoms with Crippen molar-refractivity contribution in [1.82, 2.24) is 0 Å². The zero-order valence-corrected chi connectivity index (χ0v) is 12.7. The Balaban J connectivity index is 1.67. The van der Waals surface area contributed by atoms with Crippen LogP contribution in [0.15, 0.2) is 29.6 Å². The molecule has 1 aliphatic heterocycles. The first-order valence-corrected chi connectivity index (χ1v) is 8.85. The standard InChI is InChI=1S/C18H24P/c1-2-4-6-10-15(11-7-5-3-1)18-14-16-12-8-9-13-17(16)19-18/h8-9,12-15H,1-7,10-11H2. The molecule has 0 amide bonds. The molecule has 1 fully saturated rings. The van der Waals surface area contributed by atoms with Crippen molar-refractivity contribution in [2.75, 3.05) is 0 Å². The molecule has 1 aliphatic carbocycles. The Morgan fingerprint density at radius 1 is 0.789 bits per heavy atom. The molecule has 1 radical (unpaired) electrons. The van der Waals surface area contributed by atoms with Crippen LogP contribution in [-0.2, 0) is 0 Å². The summed E-state index contributed by atoms with van der Waals surface area (Å²) in [4.78, 5) is 0. The zero-order valence-electron chi connectivity index (χ0n) is 11.8. The highest BCUT2D eigenvalue weighted by Gasteiger charge is 2.21. The molecule has 0 spiro atoms. The highest BCUT2D eigenvalue weighted by atomic mass is 31.1. The van der Waals surface area contributed by atoms with Crippen LogP contribution in [0.3, 0.4) is 0 Å². The topological polar surface area (TPSA) is 0 Å². The van der Waals surface area contributed by atoms with Crippen LogP contribution in [0.4, 0.5) is 0 Å². The summed E-state index contributed by atoms with van der Waals surface area (Å²) in [6.07, 6.45) is 15.5. The smallest absolute Gasteiger partial charge is 0.00768 e. The van der Waals surface area contributed by atoms with Crippen LogP contribution in [0.25, 0.3) is 6.08 Å². The zero-order chi connectivity index (χ0) is 12.9. The predicted molar refractivity (Wildman–Crippen MR) is 86.0 cm³/mol. The summed E-state index contributed by atoms with van der Waals surface area (Å²) >= 11 is 0. The second kappa shape index (κ2) is 6.71. The van der Waals surface area contributed by atoms with Gasteiger partial charge in [-0.3, -0.25) is 0 Å². The molecule has 0 unspecified atom stereocenters. The van der Waals surface area contributed by atoms with Gasteiger partial charge in [0.15, 0.2) is 0 Å². The van der Waals surface area contributed by atoms with E-state index in [4.69, 9.17) is 0 Å². The Hall–Kier alpha value is -0.610. The van der Waals surface area contributed by atoms with Gasteiger partial charge < -0.3 is 0 Å². The average Bonchev–Trinajstić information content (AvgIpc) is 2.88. The number of rotatable bonds is 1. The van der Waals surface area contributed by atoms with Crippen molar-refractivity contribution in [3.05, 3.63) is 35.1 Å². The molecule has 0 saturated heterocycles. The van der Waals surface area contributed by atoms with Crippen LogP contribution in [0.1, 0.15) is 63.4 Å². The maximum Gasteiger partial charge on any atom is -0.00768 e. The summed E-state index contributed by atoms with van der Waals surface area (Å²) < 4.78 is 0. The van der Waals surface area contributed by atoms with Gasteiger partial charge in [-0.15, -0.1) is 0 Å². The normalized spacial score (nSPS) is 23.1. The first-order chi connectivity index (χ1) is 9.43. The minimum absolute atomic E-state index is 0.854.